The van der Waals surface area contributed by atoms with Gasteiger partial charge in [-0.25, -0.2) is 22.0 Å². The number of halogens is 5. The molecule has 0 aromatic heterocycles. The van der Waals surface area contributed by atoms with Crippen LogP contribution in [0.15, 0.2) is 54.6 Å². The quantitative estimate of drug-likeness (QED) is 0.208. The Morgan fingerprint density at radius 2 is 1.32 bits per heavy atom. The number of hydrogen-bond donors (Lipinski definition) is 2. The molecule has 12 heteroatoms. The summed E-state index contributed by atoms with van der Waals surface area (Å²) in [6, 6.07) is 15.9. The first-order chi connectivity index (χ1) is 17.7. The third kappa shape index (κ3) is 6.08. The monoisotopic (exact) mass is 536 g/mol. The van der Waals surface area contributed by atoms with Crippen LogP contribution in [0.3, 0.4) is 0 Å². The van der Waals surface area contributed by atoms with Crippen LogP contribution in [0.25, 0.3) is 0 Å². The van der Waals surface area contributed by atoms with Gasteiger partial charge in [0.25, 0.3) is 5.91 Å². The van der Waals surface area contributed by atoms with Crippen LogP contribution in [0.1, 0.15) is 0 Å². The standard InChI is InChI=1S/C25H21F5N4O2S/c26-19-20(27)22(29)24(23(30)21(19)28)34-12-10-33(11-13-34)16-8-6-15(7-9-16)31-25(37)32-18(35)14-36-17-4-2-1-3-5-17/h1-9H,10-14H2,(H2,31,32,35,37). The number of thiocarbonyl (C=S) groups is 1. The van der Waals surface area contributed by atoms with Crippen LogP contribution in [0.4, 0.5) is 39.0 Å². The minimum absolute atomic E-state index is 0.0551. The van der Waals surface area contributed by atoms with Gasteiger partial charge >= 0.3 is 0 Å². The molecule has 1 aliphatic heterocycles. The van der Waals surface area contributed by atoms with Gasteiger partial charge in [-0.15, -0.1) is 0 Å². The molecule has 37 heavy (non-hydrogen) atoms. The number of amides is 1. The summed E-state index contributed by atoms with van der Waals surface area (Å²) in [5, 5.41) is 5.50. The Hall–Kier alpha value is -3.93. The summed E-state index contributed by atoms with van der Waals surface area (Å²) < 4.78 is 74.1. The second-order valence-corrected chi connectivity index (χ2v) is 8.45. The summed E-state index contributed by atoms with van der Waals surface area (Å²) >= 11 is 5.16. The van der Waals surface area contributed by atoms with Crippen molar-refractivity contribution in [3.63, 3.8) is 0 Å². The van der Waals surface area contributed by atoms with Crippen LogP contribution in [-0.4, -0.2) is 43.8 Å². The van der Waals surface area contributed by atoms with Crippen molar-refractivity contribution in [3.8, 4) is 5.75 Å². The molecular formula is C25H21F5N4O2S. The van der Waals surface area contributed by atoms with Gasteiger partial charge in [-0.1, -0.05) is 18.2 Å². The number of hydrogen-bond acceptors (Lipinski definition) is 5. The van der Waals surface area contributed by atoms with Crippen molar-refractivity contribution in [3.05, 3.63) is 83.7 Å². The molecule has 0 bridgehead atoms. The van der Waals surface area contributed by atoms with E-state index < -0.39 is 40.7 Å². The molecule has 6 nitrogen and oxygen atoms in total. The highest BCUT2D eigenvalue weighted by Gasteiger charge is 2.30. The Bertz CT molecular complexity index is 1260. The van der Waals surface area contributed by atoms with E-state index in [0.29, 0.717) is 24.5 Å². The van der Waals surface area contributed by atoms with Crippen LogP contribution in [0.2, 0.25) is 0 Å². The predicted molar refractivity (Wildman–Crippen MR) is 133 cm³/mol. The highest BCUT2D eigenvalue weighted by Crippen LogP contribution is 2.31. The van der Waals surface area contributed by atoms with E-state index in [1.165, 1.54) is 0 Å². The third-order valence-corrected chi connectivity index (χ3v) is 5.84. The fourth-order valence-corrected chi connectivity index (χ4v) is 4.04. The smallest absolute Gasteiger partial charge is 0.264 e. The number of rotatable bonds is 6. The van der Waals surface area contributed by atoms with E-state index in [2.05, 4.69) is 10.6 Å². The van der Waals surface area contributed by atoms with Gasteiger partial charge in [0.2, 0.25) is 5.82 Å². The predicted octanol–water partition coefficient (Wildman–Crippen LogP) is 4.60. The van der Waals surface area contributed by atoms with Crippen molar-refractivity contribution < 1.29 is 31.5 Å². The van der Waals surface area contributed by atoms with Gasteiger partial charge in [0, 0.05) is 37.6 Å². The first-order valence-electron chi connectivity index (χ1n) is 11.1. The van der Waals surface area contributed by atoms with Crippen LogP contribution >= 0.6 is 12.2 Å². The molecule has 3 aromatic rings. The van der Waals surface area contributed by atoms with E-state index in [1.807, 2.05) is 11.0 Å². The van der Waals surface area contributed by atoms with Crippen molar-refractivity contribution in [1.82, 2.24) is 5.32 Å². The fourth-order valence-electron chi connectivity index (χ4n) is 3.81. The molecule has 2 N–H and O–H groups in total. The Labute approximate surface area is 214 Å². The molecule has 0 saturated carbocycles. The lowest BCUT2D eigenvalue weighted by Gasteiger charge is -2.37. The lowest BCUT2D eigenvalue weighted by Crippen LogP contribution is -2.47. The van der Waals surface area contributed by atoms with Crippen LogP contribution in [0.5, 0.6) is 5.75 Å². The zero-order valence-electron chi connectivity index (χ0n) is 19.2. The van der Waals surface area contributed by atoms with Crippen LogP contribution < -0.4 is 25.2 Å². The molecule has 194 valence electrons. The van der Waals surface area contributed by atoms with Gasteiger partial charge in [0.15, 0.2) is 35.0 Å². The number of carbonyl (C=O) groups is 1. The maximum absolute atomic E-state index is 14.1. The van der Waals surface area contributed by atoms with Gasteiger partial charge in [0.1, 0.15) is 11.4 Å². The number of benzene rings is 3. The summed E-state index contributed by atoms with van der Waals surface area (Å²) in [6.07, 6.45) is 0. The summed E-state index contributed by atoms with van der Waals surface area (Å²) in [5.74, 6) is -9.64. The fraction of sp³-hybridized carbons (Fsp3) is 0.200. The minimum atomic E-state index is -2.18. The second-order valence-electron chi connectivity index (χ2n) is 8.04. The number of ether oxygens (including phenoxy) is 1. The number of anilines is 3. The largest absolute Gasteiger partial charge is 0.484 e. The van der Waals surface area contributed by atoms with E-state index in [0.717, 1.165) is 10.6 Å². The van der Waals surface area contributed by atoms with Gasteiger partial charge < -0.3 is 19.9 Å². The lowest BCUT2D eigenvalue weighted by molar-refractivity contribution is -0.121. The number of nitrogens with one attached hydrogen (secondary N) is 2. The SMILES string of the molecule is O=C(COc1ccccc1)NC(=S)Nc1ccc(N2CCN(c3c(F)c(F)c(F)c(F)c3F)CC2)cc1. The Morgan fingerprint density at radius 3 is 1.92 bits per heavy atom. The summed E-state index contributed by atoms with van der Waals surface area (Å²) in [5.41, 5.74) is 0.479. The molecule has 1 amide bonds. The highest BCUT2D eigenvalue weighted by molar-refractivity contribution is 7.80. The van der Waals surface area contributed by atoms with Gasteiger partial charge in [-0.2, -0.15) is 0 Å². The zero-order valence-corrected chi connectivity index (χ0v) is 20.1. The summed E-state index contributed by atoms with van der Waals surface area (Å²) in [6.45, 7) is 0.491. The Morgan fingerprint density at radius 1 is 0.784 bits per heavy atom. The average Bonchev–Trinajstić information content (AvgIpc) is 2.91. The molecular weight excluding hydrogens is 515 g/mol. The van der Waals surface area contributed by atoms with Gasteiger partial charge in [-0.05, 0) is 48.6 Å². The van der Waals surface area contributed by atoms with Crippen molar-refractivity contribution in [2.45, 2.75) is 0 Å². The normalized spacial score (nSPS) is 13.3. The topological polar surface area (TPSA) is 56.8 Å². The molecule has 3 aromatic carbocycles. The molecule has 1 saturated heterocycles. The van der Waals surface area contributed by atoms with E-state index in [1.54, 1.807) is 48.5 Å². The molecule has 0 spiro atoms. The van der Waals surface area contributed by atoms with Crippen molar-refractivity contribution in [2.24, 2.45) is 0 Å². The zero-order chi connectivity index (χ0) is 26.5. The Kier molecular flexibility index (Phi) is 8.07. The van der Waals surface area contributed by atoms with Gasteiger partial charge in [0.05, 0.1) is 0 Å². The lowest BCUT2D eigenvalue weighted by atomic mass is 10.2. The van der Waals surface area contributed by atoms with Gasteiger partial charge in [-0.3, -0.25) is 10.1 Å². The average molecular weight is 537 g/mol. The molecule has 1 aliphatic rings. The number of para-hydroxylation sites is 1. The number of nitrogens with zero attached hydrogens (tertiary/aromatic N) is 2. The maximum Gasteiger partial charge on any atom is 0.264 e. The first-order valence-corrected chi connectivity index (χ1v) is 11.6. The Balaban J connectivity index is 1.29. The maximum atomic E-state index is 14.1. The molecule has 1 heterocycles. The molecule has 0 atom stereocenters. The highest BCUT2D eigenvalue weighted by atomic mass is 32.1. The molecule has 0 aliphatic carbocycles. The van der Waals surface area contributed by atoms with E-state index in [4.69, 9.17) is 17.0 Å². The molecule has 4 rings (SSSR count). The summed E-state index contributed by atoms with van der Waals surface area (Å²) in [4.78, 5) is 15.1. The van der Waals surface area contributed by atoms with Crippen molar-refractivity contribution >= 4 is 40.3 Å². The third-order valence-electron chi connectivity index (χ3n) is 5.64. The van der Waals surface area contributed by atoms with E-state index >= 15 is 0 Å². The van der Waals surface area contributed by atoms with E-state index in [-0.39, 0.29) is 24.8 Å². The van der Waals surface area contributed by atoms with Crippen LogP contribution in [0, 0.1) is 29.1 Å². The molecule has 0 radical (unpaired) electrons. The second kappa shape index (κ2) is 11.4. The molecule has 1 fully saturated rings. The van der Waals surface area contributed by atoms with Crippen molar-refractivity contribution in [2.75, 3.05) is 47.9 Å². The van der Waals surface area contributed by atoms with Crippen molar-refractivity contribution in [1.29, 1.82) is 0 Å². The molecule has 0 unspecified atom stereocenters. The number of carbonyl (C=O) groups excluding carboxylic acids is 1. The van der Waals surface area contributed by atoms with E-state index in [9.17, 15) is 26.7 Å². The number of piperazine rings is 1. The minimum Gasteiger partial charge on any atom is -0.484 e. The van der Waals surface area contributed by atoms with Crippen LogP contribution in [-0.2, 0) is 4.79 Å². The first kappa shape index (κ1) is 26.1. The summed E-state index contributed by atoms with van der Waals surface area (Å²) in [7, 11) is 0.